The maximum absolute atomic E-state index is 10.7. The monoisotopic (exact) mass is 238 g/mol. The number of hydrogen-bond acceptors (Lipinski definition) is 4. The summed E-state index contributed by atoms with van der Waals surface area (Å²) < 4.78 is 0. The molecule has 0 radical (unpaired) electrons. The summed E-state index contributed by atoms with van der Waals surface area (Å²) in [7, 11) is 0. The maximum Gasteiger partial charge on any atom is 0.323 e. The Labute approximate surface area is 98.6 Å². The third-order valence-electron chi connectivity index (χ3n) is 2.23. The lowest BCUT2D eigenvalue weighted by Crippen LogP contribution is -2.30. The predicted molar refractivity (Wildman–Crippen MR) is 63.2 cm³/mol. The van der Waals surface area contributed by atoms with Crippen molar-refractivity contribution >= 4 is 17.3 Å². The average molecular weight is 238 g/mol. The van der Waals surface area contributed by atoms with Crippen LogP contribution < -0.4 is 4.90 Å². The third-order valence-corrected chi connectivity index (χ3v) is 2.23. The number of aliphatic carboxylic acids is 1. The zero-order chi connectivity index (χ0) is 12.8. The maximum atomic E-state index is 10.7. The Morgan fingerprint density at radius 3 is 2.76 bits per heavy atom. The van der Waals surface area contributed by atoms with Gasteiger partial charge in [-0.3, -0.25) is 14.9 Å². The van der Waals surface area contributed by atoms with E-state index in [1.165, 1.54) is 12.1 Å². The van der Waals surface area contributed by atoms with Gasteiger partial charge in [0.05, 0.1) is 4.92 Å². The lowest BCUT2D eigenvalue weighted by Gasteiger charge is -2.21. The highest BCUT2D eigenvalue weighted by Gasteiger charge is 2.13. The van der Waals surface area contributed by atoms with Gasteiger partial charge in [0.25, 0.3) is 5.69 Å². The standard InChI is InChI=1S/C11H14N2O4/c1-2-6-12(8-11(14)15)9-4-3-5-10(7-9)13(16)17/h3-5,7H,2,6,8H2,1H3,(H,14,15). The Hall–Kier alpha value is -2.11. The van der Waals surface area contributed by atoms with Crippen LogP contribution in [0.4, 0.5) is 11.4 Å². The lowest BCUT2D eigenvalue weighted by molar-refractivity contribution is -0.384. The van der Waals surface area contributed by atoms with Gasteiger partial charge < -0.3 is 10.0 Å². The minimum atomic E-state index is -0.954. The van der Waals surface area contributed by atoms with Crippen molar-refractivity contribution in [2.24, 2.45) is 0 Å². The molecule has 0 atom stereocenters. The smallest absolute Gasteiger partial charge is 0.323 e. The van der Waals surface area contributed by atoms with Gasteiger partial charge in [0, 0.05) is 24.4 Å². The van der Waals surface area contributed by atoms with Crippen LogP contribution in [-0.4, -0.2) is 29.1 Å². The van der Waals surface area contributed by atoms with E-state index in [4.69, 9.17) is 5.11 Å². The summed E-state index contributed by atoms with van der Waals surface area (Å²) in [4.78, 5) is 22.4. The van der Waals surface area contributed by atoms with Crippen LogP contribution in [-0.2, 0) is 4.79 Å². The summed E-state index contributed by atoms with van der Waals surface area (Å²) in [6.07, 6.45) is 0.774. The summed E-state index contributed by atoms with van der Waals surface area (Å²) in [5.74, 6) is -0.954. The van der Waals surface area contributed by atoms with Crippen LogP contribution in [0.1, 0.15) is 13.3 Å². The number of anilines is 1. The fourth-order valence-electron chi connectivity index (χ4n) is 1.54. The molecule has 92 valence electrons. The van der Waals surface area contributed by atoms with Crippen LogP contribution in [0.3, 0.4) is 0 Å². The summed E-state index contributed by atoms with van der Waals surface area (Å²) in [6, 6.07) is 6.00. The number of rotatable bonds is 6. The summed E-state index contributed by atoms with van der Waals surface area (Å²) in [6.45, 7) is 2.31. The molecular formula is C11H14N2O4. The Morgan fingerprint density at radius 2 is 2.24 bits per heavy atom. The second kappa shape index (κ2) is 5.83. The molecule has 1 N–H and O–H groups in total. The molecule has 0 aliphatic rings. The van der Waals surface area contributed by atoms with Crippen molar-refractivity contribution in [2.45, 2.75) is 13.3 Å². The van der Waals surface area contributed by atoms with E-state index in [0.29, 0.717) is 12.2 Å². The molecule has 1 aromatic rings. The van der Waals surface area contributed by atoms with E-state index in [0.717, 1.165) is 6.42 Å². The van der Waals surface area contributed by atoms with E-state index in [2.05, 4.69) is 0 Å². The first-order valence-corrected chi connectivity index (χ1v) is 5.25. The molecule has 17 heavy (non-hydrogen) atoms. The number of nitrogens with zero attached hydrogens (tertiary/aromatic N) is 2. The van der Waals surface area contributed by atoms with Crippen molar-refractivity contribution in [3.05, 3.63) is 34.4 Å². The number of nitro benzene ring substituents is 1. The van der Waals surface area contributed by atoms with E-state index in [1.807, 2.05) is 6.92 Å². The molecule has 1 rings (SSSR count). The van der Waals surface area contributed by atoms with Gasteiger partial charge in [0.1, 0.15) is 6.54 Å². The molecule has 0 aromatic heterocycles. The largest absolute Gasteiger partial charge is 0.480 e. The third kappa shape index (κ3) is 3.75. The zero-order valence-electron chi connectivity index (χ0n) is 9.50. The predicted octanol–water partition coefficient (Wildman–Crippen LogP) is 1.90. The number of nitro groups is 1. The van der Waals surface area contributed by atoms with Crippen molar-refractivity contribution < 1.29 is 14.8 Å². The van der Waals surface area contributed by atoms with Gasteiger partial charge in [0.15, 0.2) is 0 Å². The van der Waals surface area contributed by atoms with Gasteiger partial charge in [-0.25, -0.2) is 0 Å². The molecule has 0 unspecified atom stereocenters. The molecule has 0 bridgehead atoms. The summed E-state index contributed by atoms with van der Waals surface area (Å²) >= 11 is 0. The van der Waals surface area contributed by atoms with Crippen LogP contribution in [0.15, 0.2) is 24.3 Å². The highest BCUT2D eigenvalue weighted by Crippen LogP contribution is 2.21. The number of non-ortho nitro benzene ring substituents is 1. The Bertz CT molecular complexity index is 420. The molecule has 0 saturated heterocycles. The van der Waals surface area contributed by atoms with Crippen molar-refractivity contribution in [2.75, 3.05) is 18.0 Å². The number of carbonyl (C=O) groups is 1. The Balaban J connectivity index is 2.96. The normalized spacial score (nSPS) is 9.94. The molecule has 6 nitrogen and oxygen atoms in total. The first-order chi connectivity index (χ1) is 8.04. The highest BCUT2D eigenvalue weighted by molar-refractivity contribution is 5.74. The van der Waals surface area contributed by atoms with Gasteiger partial charge >= 0.3 is 5.97 Å². The first-order valence-electron chi connectivity index (χ1n) is 5.25. The Morgan fingerprint density at radius 1 is 1.53 bits per heavy atom. The minimum absolute atomic E-state index is 0.0333. The van der Waals surface area contributed by atoms with E-state index in [-0.39, 0.29) is 12.2 Å². The van der Waals surface area contributed by atoms with Crippen LogP contribution in [0.25, 0.3) is 0 Å². The van der Waals surface area contributed by atoms with Crippen LogP contribution >= 0.6 is 0 Å². The van der Waals surface area contributed by atoms with Gasteiger partial charge in [-0.05, 0) is 12.5 Å². The van der Waals surface area contributed by atoms with Gasteiger partial charge in [0.2, 0.25) is 0 Å². The molecule has 0 saturated carbocycles. The Kier molecular flexibility index (Phi) is 4.45. The highest BCUT2D eigenvalue weighted by atomic mass is 16.6. The molecule has 0 aliphatic carbocycles. The number of hydrogen-bond donors (Lipinski definition) is 1. The molecule has 6 heteroatoms. The molecule has 0 fully saturated rings. The van der Waals surface area contributed by atoms with E-state index in [9.17, 15) is 14.9 Å². The van der Waals surface area contributed by atoms with Gasteiger partial charge in [-0.2, -0.15) is 0 Å². The molecule has 0 aliphatic heterocycles. The van der Waals surface area contributed by atoms with E-state index < -0.39 is 10.9 Å². The second-order valence-electron chi connectivity index (χ2n) is 3.59. The van der Waals surface area contributed by atoms with Crippen LogP contribution in [0.5, 0.6) is 0 Å². The van der Waals surface area contributed by atoms with Crippen molar-refractivity contribution in [3.8, 4) is 0 Å². The van der Waals surface area contributed by atoms with Crippen molar-refractivity contribution in [1.29, 1.82) is 0 Å². The SMILES string of the molecule is CCCN(CC(=O)O)c1cccc([N+](=O)[O-])c1. The minimum Gasteiger partial charge on any atom is -0.480 e. The van der Waals surface area contributed by atoms with E-state index >= 15 is 0 Å². The molecule has 1 aromatic carbocycles. The number of benzene rings is 1. The number of carboxylic acids is 1. The topological polar surface area (TPSA) is 83.7 Å². The fourth-order valence-corrected chi connectivity index (χ4v) is 1.54. The van der Waals surface area contributed by atoms with Crippen molar-refractivity contribution in [1.82, 2.24) is 0 Å². The van der Waals surface area contributed by atoms with Crippen molar-refractivity contribution in [3.63, 3.8) is 0 Å². The lowest BCUT2D eigenvalue weighted by atomic mass is 10.2. The molecule has 0 amide bonds. The zero-order valence-corrected chi connectivity index (χ0v) is 9.50. The van der Waals surface area contributed by atoms with E-state index in [1.54, 1.807) is 17.0 Å². The van der Waals surface area contributed by atoms with Crippen LogP contribution in [0, 0.1) is 10.1 Å². The second-order valence-corrected chi connectivity index (χ2v) is 3.59. The van der Waals surface area contributed by atoms with Crippen LogP contribution in [0.2, 0.25) is 0 Å². The first kappa shape index (κ1) is 13.0. The van der Waals surface area contributed by atoms with Gasteiger partial charge in [-0.15, -0.1) is 0 Å². The molecular weight excluding hydrogens is 224 g/mol. The summed E-state index contributed by atoms with van der Waals surface area (Å²) in [5, 5.41) is 19.4. The summed E-state index contributed by atoms with van der Waals surface area (Å²) in [5.41, 5.74) is 0.525. The number of carboxylic acid groups (broad SMARTS) is 1. The fraction of sp³-hybridized carbons (Fsp3) is 0.364. The molecule has 0 spiro atoms. The average Bonchev–Trinajstić information content (AvgIpc) is 2.28. The molecule has 0 heterocycles. The van der Waals surface area contributed by atoms with Gasteiger partial charge in [-0.1, -0.05) is 13.0 Å². The quantitative estimate of drug-likeness (QED) is 0.604.